The third kappa shape index (κ3) is 11.8. The molecule has 10 nitrogen and oxygen atoms in total. The van der Waals surface area contributed by atoms with Crippen LogP contribution in [0.3, 0.4) is 0 Å². The molecule has 2 aromatic carbocycles. The molecule has 1 amide bonds. The van der Waals surface area contributed by atoms with Gasteiger partial charge in [0.15, 0.2) is 12.2 Å². The Morgan fingerprint density at radius 2 is 1.54 bits per heavy atom. The largest absolute Gasteiger partial charge is 0.458 e. The summed E-state index contributed by atoms with van der Waals surface area (Å²) >= 11 is 0. The lowest BCUT2D eigenvalue weighted by Gasteiger charge is -2.31. The van der Waals surface area contributed by atoms with Gasteiger partial charge in [-0.05, 0) is 60.6 Å². The molecule has 3 atom stereocenters. The molecular weight excluding hydrogens is 612 g/mol. The highest BCUT2D eigenvalue weighted by atomic mass is 16.6. The molecule has 0 aliphatic carbocycles. The first-order valence-corrected chi connectivity index (χ1v) is 16.8. The first-order chi connectivity index (χ1) is 22.9. The Morgan fingerprint density at radius 3 is 2.12 bits per heavy atom. The maximum Gasteiger partial charge on any atom is 0.354 e. The van der Waals surface area contributed by atoms with Crippen molar-refractivity contribution in [2.24, 2.45) is 11.8 Å². The summed E-state index contributed by atoms with van der Waals surface area (Å²) < 4.78 is 22.2. The van der Waals surface area contributed by atoms with Crippen molar-refractivity contribution in [3.8, 4) is 0 Å². The molecule has 2 aromatic rings. The van der Waals surface area contributed by atoms with Crippen molar-refractivity contribution in [3.05, 3.63) is 83.1 Å². The van der Waals surface area contributed by atoms with Gasteiger partial charge in [0.2, 0.25) is 0 Å². The SMILES string of the molecule is CN/C(=C/C(C)C)C(=O)O[C@H](Cc1ccc(C2CCOCC2)cc1)C(=O)N(C)[C@@H](CC(C)C)C(=O)O[C@H](C)C(=O)OCc1ccccc1. The number of rotatable bonds is 16. The topological polar surface area (TPSA) is 120 Å². The molecule has 1 saturated heterocycles. The van der Waals surface area contributed by atoms with Crippen LogP contribution in [0.1, 0.15) is 76.5 Å². The molecule has 0 unspecified atom stereocenters. The monoisotopic (exact) mass is 664 g/mol. The number of nitrogens with one attached hydrogen (secondary N) is 1. The summed E-state index contributed by atoms with van der Waals surface area (Å²) in [6.45, 7) is 10.6. The molecule has 1 fully saturated rings. The van der Waals surface area contributed by atoms with Crippen LogP contribution in [0.4, 0.5) is 0 Å². The third-order valence-electron chi connectivity index (χ3n) is 8.24. The molecule has 1 heterocycles. The quantitative estimate of drug-likeness (QED) is 0.144. The summed E-state index contributed by atoms with van der Waals surface area (Å²) in [5.41, 5.74) is 3.05. The molecule has 1 aliphatic heterocycles. The molecule has 0 radical (unpaired) electrons. The summed E-state index contributed by atoms with van der Waals surface area (Å²) in [5.74, 6) is -2.20. The third-order valence-corrected chi connectivity index (χ3v) is 8.24. The molecule has 3 rings (SSSR count). The lowest BCUT2D eigenvalue weighted by molar-refractivity contribution is -0.173. The van der Waals surface area contributed by atoms with E-state index in [0.717, 1.165) is 37.2 Å². The second-order valence-electron chi connectivity index (χ2n) is 13.1. The number of nitrogens with zero attached hydrogens (tertiary/aromatic N) is 1. The Bertz CT molecular complexity index is 1370. The molecule has 0 bridgehead atoms. The number of ether oxygens (including phenoxy) is 4. The number of hydrogen-bond acceptors (Lipinski definition) is 9. The normalized spacial score (nSPS) is 15.7. The lowest BCUT2D eigenvalue weighted by atomic mass is 9.90. The van der Waals surface area contributed by atoms with Crippen molar-refractivity contribution >= 4 is 23.8 Å². The molecule has 1 N–H and O–H groups in total. The van der Waals surface area contributed by atoms with E-state index in [2.05, 4.69) is 5.32 Å². The van der Waals surface area contributed by atoms with E-state index in [1.54, 1.807) is 13.1 Å². The van der Waals surface area contributed by atoms with E-state index in [9.17, 15) is 19.2 Å². The van der Waals surface area contributed by atoms with E-state index in [1.807, 2.05) is 82.3 Å². The maximum absolute atomic E-state index is 14.1. The van der Waals surface area contributed by atoms with Gasteiger partial charge in [0.1, 0.15) is 18.3 Å². The molecule has 1 aliphatic rings. The van der Waals surface area contributed by atoms with Crippen LogP contribution in [-0.2, 0) is 51.2 Å². The van der Waals surface area contributed by atoms with Gasteiger partial charge in [-0.15, -0.1) is 0 Å². The number of allylic oxidation sites excluding steroid dienone is 1. The first-order valence-electron chi connectivity index (χ1n) is 16.8. The second kappa shape index (κ2) is 19.0. The van der Waals surface area contributed by atoms with Crippen LogP contribution < -0.4 is 5.32 Å². The van der Waals surface area contributed by atoms with Crippen LogP contribution in [-0.4, -0.2) is 74.3 Å². The number of likely N-dealkylation sites (N-methyl/N-ethyl adjacent to an activating group) is 2. The number of carbonyl (C=O) groups excluding carboxylic acids is 4. The summed E-state index contributed by atoms with van der Waals surface area (Å²) in [6, 6.07) is 16.1. The highest BCUT2D eigenvalue weighted by Crippen LogP contribution is 2.27. The summed E-state index contributed by atoms with van der Waals surface area (Å²) in [5, 5.41) is 2.87. The van der Waals surface area contributed by atoms with Crippen molar-refractivity contribution in [1.29, 1.82) is 0 Å². The fourth-order valence-corrected chi connectivity index (χ4v) is 5.52. The van der Waals surface area contributed by atoms with Crippen LogP contribution >= 0.6 is 0 Å². The predicted octanol–water partition coefficient (Wildman–Crippen LogP) is 5.34. The van der Waals surface area contributed by atoms with Crippen LogP contribution in [0.25, 0.3) is 0 Å². The fourth-order valence-electron chi connectivity index (χ4n) is 5.52. The number of amides is 1. The van der Waals surface area contributed by atoms with Crippen LogP contribution in [0.15, 0.2) is 66.4 Å². The van der Waals surface area contributed by atoms with E-state index in [4.69, 9.17) is 18.9 Å². The van der Waals surface area contributed by atoms with E-state index in [1.165, 1.54) is 24.4 Å². The molecule has 262 valence electrons. The van der Waals surface area contributed by atoms with Gasteiger partial charge in [0.25, 0.3) is 5.91 Å². The zero-order chi connectivity index (χ0) is 35.2. The van der Waals surface area contributed by atoms with Gasteiger partial charge >= 0.3 is 17.9 Å². The summed E-state index contributed by atoms with van der Waals surface area (Å²) in [6.07, 6.45) is 1.59. The summed E-state index contributed by atoms with van der Waals surface area (Å²) in [7, 11) is 3.11. The van der Waals surface area contributed by atoms with E-state index < -0.39 is 42.1 Å². The Morgan fingerprint density at radius 1 is 0.896 bits per heavy atom. The minimum absolute atomic E-state index is 0.00161. The van der Waals surface area contributed by atoms with Crippen molar-refractivity contribution in [2.75, 3.05) is 27.3 Å². The van der Waals surface area contributed by atoms with Gasteiger partial charge in [-0.3, -0.25) is 4.79 Å². The minimum Gasteiger partial charge on any atom is -0.458 e. The number of benzene rings is 2. The van der Waals surface area contributed by atoms with Crippen molar-refractivity contribution < 1.29 is 38.1 Å². The zero-order valence-corrected chi connectivity index (χ0v) is 29.4. The number of esters is 3. The average Bonchev–Trinajstić information content (AvgIpc) is 3.08. The smallest absolute Gasteiger partial charge is 0.354 e. The average molecular weight is 665 g/mol. The zero-order valence-electron chi connectivity index (χ0n) is 29.4. The number of hydrogen-bond donors (Lipinski definition) is 1. The standard InChI is InChI=1S/C38H52N2O8/c1-25(2)21-32(39-6)37(43)48-34(23-28-13-15-30(16-14-28)31-17-19-45-20-18-31)35(41)40(7)33(22-26(3)4)38(44)47-27(5)36(42)46-24-29-11-9-8-10-12-29/h8-16,21,25-27,31,33-34,39H,17-20,22-24H2,1-7H3/b32-21+/t27-,33+,34-/m1/s1. The van der Waals surface area contributed by atoms with Crippen molar-refractivity contribution in [3.63, 3.8) is 0 Å². The fraction of sp³-hybridized carbons (Fsp3) is 0.526. The molecule has 0 aromatic heterocycles. The predicted molar refractivity (Wildman–Crippen MR) is 183 cm³/mol. The van der Waals surface area contributed by atoms with Gasteiger partial charge in [-0.1, -0.05) is 88.4 Å². The van der Waals surface area contributed by atoms with E-state index in [0.29, 0.717) is 5.92 Å². The molecule has 48 heavy (non-hydrogen) atoms. The maximum atomic E-state index is 14.1. The first kappa shape index (κ1) is 38.3. The van der Waals surface area contributed by atoms with Gasteiger partial charge in [0.05, 0.1) is 0 Å². The van der Waals surface area contributed by atoms with Gasteiger partial charge in [-0.25, -0.2) is 14.4 Å². The van der Waals surface area contributed by atoms with Crippen LogP contribution in [0.5, 0.6) is 0 Å². The van der Waals surface area contributed by atoms with Crippen molar-refractivity contribution in [1.82, 2.24) is 10.2 Å². The van der Waals surface area contributed by atoms with Gasteiger partial charge < -0.3 is 29.2 Å². The minimum atomic E-state index is -1.23. The Labute approximate surface area is 285 Å². The Balaban J connectivity index is 1.80. The lowest BCUT2D eigenvalue weighted by Crippen LogP contribution is -2.50. The molecule has 0 saturated carbocycles. The van der Waals surface area contributed by atoms with Crippen LogP contribution in [0, 0.1) is 11.8 Å². The van der Waals surface area contributed by atoms with Gasteiger partial charge in [0, 0.05) is 33.7 Å². The van der Waals surface area contributed by atoms with Gasteiger partial charge in [-0.2, -0.15) is 0 Å². The summed E-state index contributed by atoms with van der Waals surface area (Å²) in [4.78, 5) is 54.9. The second-order valence-corrected chi connectivity index (χ2v) is 13.1. The molecular formula is C38H52N2O8. The van der Waals surface area contributed by atoms with Crippen molar-refractivity contribution in [2.45, 2.75) is 91.1 Å². The molecule has 10 heteroatoms. The Kier molecular flexibility index (Phi) is 15.1. The highest BCUT2D eigenvalue weighted by molar-refractivity contribution is 5.93. The van der Waals surface area contributed by atoms with E-state index >= 15 is 0 Å². The number of carbonyl (C=O) groups is 4. The van der Waals surface area contributed by atoms with E-state index in [-0.39, 0.29) is 37.0 Å². The highest BCUT2D eigenvalue weighted by Gasteiger charge is 2.36. The Hall–Kier alpha value is -4.18. The van der Waals surface area contributed by atoms with Crippen LogP contribution in [0.2, 0.25) is 0 Å². The molecule has 0 spiro atoms.